The van der Waals surface area contributed by atoms with Crippen molar-refractivity contribution in [3.05, 3.63) is 82.9 Å². The first-order valence-electron chi connectivity index (χ1n) is 9.89. The molecule has 0 heterocycles. The Kier molecular flexibility index (Phi) is 6.92. The van der Waals surface area contributed by atoms with Crippen molar-refractivity contribution in [1.29, 1.82) is 0 Å². The van der Waals surface area contributed by atoms with Crippen LogP contribution in [0.1, 0.15) is 27.0 Å². The van der Waals surface area contributed by atoms with Crippen LogP contribution in [0.4, 0.5) is 11.4 Å². The van der Waals surface area contributed by atoms with Gasteiger partial charge >= 0.3 is 0 Å². The van der Waals surface area contributed by atoms with Gasteiger partial charge in [0.25, 0.3) is 5.91 Å². The quantitative estimate of drug-likeness (QED) is 0.580. The molecule has 0 aliphatic rings. The van der Waals surface area contributed by atoms with E-state index in [9.17, 15) is 9.59 Å². The molecule has 0 atom stereocenters. The van der Waals surface area contributed by atoms with E-state index >= 15 is 0 Å². The van der Waals surface area contributed by atoms with E-state index < -0.39 is 0 Å². The van der Waals surface area contributed by atoms with Crippen LogP contribution in [0.5, 0.6) is 11.5 Å². The molecule has 0 fully saturated rings. The number of ether oxygens (including phenoxy) is 2. The fraction of sp³-hybridized carbons (Fsp3) is 0.200. The smallest absolute Gasteiger partial charge is 0.255 e. The summed E-state index contributed by atoms with van der Waals surface area (Å²) in [7, 11) is 3.00. The number of benzene rings is 3. The van der Waals surface area contributed by atoms with Gasteiger partial charge in [0.05, 0.1) is 32.0 Å². The minimum Gasteiger partial charge on any atom is -0.494 e. The number of carbonyl (C=O) groups excluding carboxylic acids is 2. The minimum atomic E-state index is -0.271. The van der Waals surface area contributed by atoms with E-state index in [0.29, 0.717) is 28.4 Å². The summed E-state index contributed by atoms with van der Waals surface area (Å²) in [6, 6.07) is 18.1. The molecule has 0 saturated carbocycles. The molecule has 2 N–H and O–H groups in total. The zero-order chi connectivity index (χ0) is 22.4. The summed E-state index contributed by atoms with van der Waals surface area (Å²) >= 11 is 0. The number of anilines is 2. The van der Waals surface area contributed by atoms with Crippen LogP contribution >= 0.6 is 0 Å². The molecule has 6 heteroatoms. The molecule has 31 heavy (non-hydrogen) atoms. The molecule has 0 unspecified atom stereocenters. The molecule has 3 rings (SSSR count). The van der Waals surface area contributed by atoms with Crippen LogP contribution in [-0.2, 0) is 11.2 Å². The maximum absolute atomic E-state index is 12.6. The van der Waals surface area contributed by atoms with Crippen LogP contribution in [0.3, 0.4) is 0 Å². The average molecular weight is 418 g/mol. The second-order valence-corrected chi connectivity index (χ2v) is 7.22. The van der Waals surface area contributed by atoms with E-state index in [0.717, 1.165) is 11.1 Å². The lowest BCUT2D eigenvalue weighted by molar-refractivity contribution is -0.115. The third-order valence-corrected chi connectivity index (χ3v) is 5.02. The van der Waals surface area contributed by atoms with Crippen molar-refractivity contribution in [2.75, 3.05) is 24.9 Å². The maximum Gasteiger partial charge on any atom is 0.255 e. The fourth-order valence-corrected chi connectivity index (χ4v) is 3.17. The van der Waals surface area contributed by atoms with Gasteiger partial charge in [-0.05, 0) is 42.7 Å². The van der Waals surface area contributed by atoms with E-state index in [2.05, 4.69) is 10.6 Å². The molecule has 0 aromatic heterocycles. The van der Waals surface area contributed by atoms with Crippen molar-refractivity contribution < 1.29 is 19.1 Å². The topological polar surface area (TPSA) is 76.7 Å². The first-order valence-corrected chi connectivity index (χ1v) is 9.89. The van der Waals surface area contributed by atoms with E-state index in [4.69, 9.17) is 9.47 Å². The van der Waals surface area contributed by atoms with Crippen LogP contribution in [0, 0.1) is 13.8 Å². The molecule has 3 aromatic carbocycles. The summed E-state index contributed by atoms with van der Waals surface area (Å²) in [6.45, 7) is 4.06. The number of carbonyl (C=O) groups is 2. The van der Waals surface area contributed by atoms with E-state index in [1.807, 2.05) is 38.1 Å². The van der Waals surface area contributed by atoms with Gasteiger partial charge in [0.1, 0.15) is 11.5 Å². The molecule has 0 bridgehead atoms. The van der Waals surface area contributed by atoms with Crippen LogP contribution in [0.2, 0.25) is 0 Å². The highest BCUT2D eigenvalue weighted by molar-refractivity contribution is 6.05. The zero-order valence-electron chi connectivity index (χ0n) is 18.1. The Morgan fingerprint density at radius 3 is 1.97 bits per heavy atom. The van der Waals surface area contributed by atoms with E-state index in [1.54, 1.807) is 36.4 Å². The Morgan fingerprint density at radius 1 is 0.774 bits per heavy atom. The maximum atomic E-state index is 12.6. The normalized spacial score (nSPS) is 10.3. The molecular weight excluding hydrogens is 392 g/mol. The van der Waals surface area contributed by atoms with Crippen LogP contribution < -0.4 is 20.1 Å². The third-order valence-electron chi connectivity index (χ3n) is 5.02. The highest BCUT2D eigenvalue weighted by atomic mass is 16.5. The van der Waals surface area contributed by atoms with Gasteiger partial charge in [0.15, 0.2) is 0 Å². The summed E-state index contributed by atoms with van der Waals surface area (Å²) in [4.78, 5) is 25.1. The van der Waals surface area contributed by atoms with Crippen molar-refractivity contribution in [3.8, 4) is 11.5 Å². The Bertz CT molecular complexity index is 1090. The predicted octanol–water partition coefficient (Wildman–Crippen LogP) is 4.75. The number of hydrogen-bond donors (Lipinski definition) is 2. The first kappa shape index (κ1) is 21.9. The second kappa shape index (κ2) is 9.80. The molecule has 160 valence electrons. The number of rotatable bonds is 7. The summed E-state index contributed by atoms with van der Waals surface area (Å²) in [5, 5.41) is 5.70. The Hall–Kier alpha value is -3.80. The Balaban J connectivity index is 1.80. The van der Waals surface area contributed by atoms with Gasteiger partial charge in [0.2, 0.25) is 5.91 Å². The molecule has 0 aliphatic heterocycles. The van der Waals surface area contributed by atoms with Crippen LogP contribution in [-0.4, -0.2) is 26.0 Å². The Morgan fingerprint density at radius 2 is 1.39 bits per heavy atom. The van der Waals surface area contributed by atoms with E-state index in [-0.39, 0.29) is 18.2 Å². The summed E-state index contributed by atoms with van der Waals surface area (Å²) in [5.41, 5.74) is 4.69. The molecule has 3 aromatic rings. The largest absolute Gasteiger partial charge is 0.494 e. The van der Waals surface area contributed by atoms with Gasteiger partial charge in [-0.25, -0.2) is 0 Å². The number of methoxy groups -OCH3 is 2. The molecule has 0 saturated heterocycles. The minimum absolute atomic E-state index is 0.176. The Labute approximate surface area is 182 Å². The van der Waals surface area contributed by atoms with Crippen molar-refractivity contribution in [2.45, 2.75) is 20.3 Å². The van der Waals surface area contributed by atoms with Gasteiger partial charge < -0.3 is 20.1 Å². The summed E-state index contributed by atoms with van der Waals surface area (Å²) in [5.74, 6) is 0.376. The molecule has 0 spiro atoms. The monoisotopic (exact) mass is 418 g/mol. The third kappa shape index (κ3) is 5.42. The van der Waals surface area contributed by atoms with Crippen molar-refractivity contribution in [2.24, 2.45) is 0 Å². The van der Waals surface area contributed by atoms with Gasteiger partial charge in [-0.15, -0.1) is 0 Å². The molecular formula is C25H26N2O4. The molecule has 6 nitrogen and oxygen atoms in total. The first-order chi connectivity index (χ1) is 14.9. The molecule has 0 radical (unpaired) electrons. The van der Waals surface area contributed by atoms with Crippen LogP contribution in [0.15, 0.2) is 60.7 Å². The average Bonchev–Trinajstić information content (AvgIpc) is 2.77. The lowest BCUT2D eigenvalue weighted by atomic mass is 10.0. The highest BCUT2D eigenvalue weighted by Crippen LogP contribution is 2.36. The van der Waals surface area contributed by atoms with Crippen molar-refractivity contribution in [1.82, 2.24) is 0 Å². The van der Waals surface area contributed by atoms with Crippen molar-refractivity contribution in [3.63, 3.8) is 0 Å². The SMILES string of the molecule is COc1cc(NC(=O)c2ccccc2)c(OC)cc1NC(=O)Cc1ccc(C)c(C)c1. The molecule has 2 amide bonds. The lowest BCUT2D eigenvalue weighted by Gasteiger charge is -2.16. The van der Waals surface area contributed by atoms with E-state index in [1.165, 1.54) is 19.8 Å². The standard InChI is InChI=1S/C25H26N2O4/c1-16-10-11-18(12-17(16)2)13-24(28)26-20-14-23(31-4)21(15-22(20)30-3)27-25(29)19-8-6-5-7-9-19/h5-12,14-15H,13H2,1-4H3,(H,26,28)(H,27,29). The second-order valence-electron chi connectivity index (χ2n) is 7.22. The zero-order valence-corrected chi connectivity index (χ0v) is 18.1. The lowest BCUT2D eigenvalue weighted by Crippen LogP contribution is -2.16. The van der Waals surface area contributed by atoms with Gasteiger partial charge in [-0.1, -0.05) is 36.4 Å². The van der Waals surface area contributed by atoms with Crippen molar-refractivity contribution >= 4 is 23.2 Å². The predicted molar refractivity (Wildman–Crippen MR) is 122 cm³/mol. The van der Waals surface area contributed by atoms with Gasteiger partial charge in [0, 0.05) is 17.7 Å². The number of nitrogens with one attached hydrogen (secondary N) is 2. The van der Waals surface area contributed by atoms with Gasteiger partial charge in [-0.3, -0.25) is 9.59 Å². The number of amides is 2. The molecule has 0 aliphatic carbocycles. The number of hydrogen-bond acceptors (Lipinski definition) is 4. The van der Waals surface area contributed by atoms with Crippen LogP contribution in [0.25, 0.3) is 0 Å². The fourth-order valence-electron chi connectivity index (χ4n) is 3.17. The summed E-state index contributed by atoms with van der Waals surface area (Å²) in [6.07, 6.45) is 0.235. The number of aryl methyl sites for hydroxylation is 2. The highest BCUT2D eigenvalue weighted by Gasteiger charge is 2.16. The summed E-state index contributed by atoms with van der Waals surface area (Å²) < 4.78 is 10.9. The van der Waals surface area contributed by atoms with Gasteiger partial charge in [-0.2, -0.15) is 0 Å².